The molecule has 0 unspecified atom stereocenters. The number of ketones is 1. The predicted octanol–water partition coefficient (Wildman–Crippen LogP) is 4.53. The molecule has 3 aromatic rings. The number of fused-ring (bicyclic) bond motifs is 1. The van der Waals surface area contributed by atoms with Gasteiger partial charge in [0.15, 0.2) is 0 Å². The summed E-state index contributed by atoms with van der Waals surface area (Å²) in [4.78, 5) is 16.3. The van der Waals surface area contributed by atoms with E-state index >= 15 is 0 Å². The van der Waals surface area contributed by atoms with Crippen LogP contribution in [0.5, 0.6) is 0 Å². The fraction of sp³-hybridized carbons (Fsp3) is 0.0714. The Bertz CT molecular complexity index is 741. The van der Waals surface area contributed by atoms with Gasteiger partial charge in [-0.25, -0.2) is 0 Å². The molecule has 0 aliphatic carbocycles. The van der Waals surface area contributed by atoms with E-state index in [4.69, 9.17) is 0 Å². The monoisotopic (exact) mass is 319 g/mol. The maximum absolute atomic E-state index is 12.4. The smallest absolute Gasteiger partial charge is 0.205 e. The first kappa shape index (κ1) is 11.7. The van der Waals surface area contributed by atoms with Crippen LogP contribution in [-0.4, -0.2) is 10.8 Å². The van der Waals surface area contributed by atoms with Crippen molar-refractivity contribution in [1.82, 2.24) is 4.98 Å². The molecule has 90 valence electrons. The largest absolute Gasteiger partial charge is 0.360 e. The van der Waals surface area contributed by atoms with Crippen molar-refractivity contribution in [3.05, 3.63) is 56.3 Å². The number of hydrogen-bond acceptors (Lipinski definition) is 2. The fourth-order valence-corrected chi connectivity index (χ4v) is 3.33. The zero-order valence-electron chi connectivity index (χ0n) is 9.66. The van der Waals surface area contributed by atoms with E-state index in [2.05, 4.69) is 20.9 Å². The second kappa shape index (κ2) is 4.37. The first-order chi connectivity index (χ1) is 8.65. The van der Waals surface area contributed by atoms with Gasteiger partial charge in [-0.1, -0.05) is 11.6 Å². The van der Waals surface area contributed by atoms with Crippen LogP contribution in [0.15, 0.2) is 40.3 Å². The molecule has 0 atom stereocenters. The third-order valence-electron chi connectivity index (χ3n) is 2.88. The minimum atomic E-state index is 0.0718. The Balaban J connectivity index is 2.14. The zero-order chi connectivity index (χ0) is 12.7. The van der Waals surface area contributed by atoms with Gasteiger partial charge in [-0.05, 0) is 47.1 Å². The second-order valence-electron chi connectivity index (χ2n) is 4.18. The Morgan fingerprint density at radius 3 is 2.83 bits per heavy atom. The van der Waals surface area contributed by atoms with Crippen molar-refractivity contribution in [2.24, 2.45) is 0 Å². The maximum atomic E-state index is 12.4. The van der Waals surface area contributed by atoms with Crippen LogP contribution in [0.3, 0.4) is 0 Å². The number of aromatic nitrogens is 1. The Morgan fingerprint density at radius 2 is 2.11 bits per heavy atom. The molecular formula is C14H10BrNOS. The molecule has 0 saturated heterocycles. The number of H-pyrrole nitrogens is 1. The van der Waals surface area contributed by atoms with E-state index in [0.717, 1.165) is 30.7 Å². The van der Waals surface area contributed by atoms with Crippen LogP contribution in [-0.2, 0) is 0 Å². The van der Waals surface area contributed by atoms with Gasteiger partial charge in [-0.2, -0.15) is 0 Å². The van der Waals surface area contributed by atoms with Crippen LogP contribution in [0.25, 0.3) is 10.9 Å². The molecule has 0 amide bonds. The van der Waals surface area contributed by atoms with Crippen LogP contribution >= 0.6 is 27.3 Å². The number of carbonyl (C=O) groups is 1. The Hall–Kier alpha value is -1.39. The zero-order valence-corrected chi connectivity index (χ0v) is 12.1. The minimum absolute atomic E-state index is 0.0718. The second-order valence-corrected chi connectivity index (χ2v) is 6.65. The quantitative estimate of drug-likeness (QED) is 0.691. The highest BCUT2D eigenvalue weighted by Crippen LogP contribution is 2.27. The van der Waals surface area contributed by atoms with Gasteiger partial charge < -0.3 is 4.98 Å². The number of aryl methyl sites for hydroxylation is 1. The van der Waals surface area contributed by atoms with Crippen molar-refractivity contribution in [1.29, 1.82) is 0 Å². The van der Waals surface area contributed by atoms with Crippen LogP contribution < -0.4 is 0 Å². The summed E-state index contributed by atoms with van der Waals surface area (Å²) < 4.78 is 0.974. The molecule has 1 aromatic carbocycles. The molecule has 2 nitrogen and oxygen atoms in total. The lowest BCUT2D eigenvalue weighted by atomic mass is 10.1. The van der Waals surface area contributed by atoms with Gasteiger partial charge in [0.25, 0.3) is 0 Å². The molecule has 0 bridgehead atoms. The van der Waals surface area contributed by atoms with Gasteiger partial charge in [-0.3, -0.25) is 4.79 Å². The summed E-state index contributed by atoms with van der Waals surface area (Å²) in [6.07, 6.45) is 1.79. The van der Waals surface area contributed by atoms with Gasteiger partial charge in [-0.15, -0.1) is 11.3 Å². The molecule has 0 aliphatic rings. The lowest BCUT2D eigenvalue weighted by Gasteiger charge is -1.97. The van der Waals surface area contributed by atoms with E-state index in [1.807, 2.05) is 37.3 Å². The summed E-state index contributed by atoms with van der Waals surface area (Å²) in [5, 5.41) is 0.990. The van der Waals surface area contributed by atoms with Crippen LogP contribution in [0.2, 0.25) is 0 Å². The van der Waals surface area contributed by atoms with Crippen LogP contribution in [0.1, 0.15) is 20.8 Å². The number of rotatable bonds is 2. The summed E-state index contributed by atoms with van der Waals surface area (Å²) in [5.74, 6) is 0.0718. The van der Waals surface area contributed by atoms with E-state index in [-0.39, 0.29) is 5.78 Å². The van der Waals surface area contributed by atoms with E-state index < -0.39 is 0 Å². The Labute approximate surface area is 117 Å². The standard InChI is InChI=1S/C14H10BrNOS/c1-8-2-3-11-9(6-8)10(7-16-11)14(17)12-4-5-13(15)18-12/h2-7,16H,1H3. The number of carbonyl (C=O) groups excluding carboxylic acids is 1. The summed E-state index contributed by atoms with van der Waals surface area (Å²) in [6, 6.07) is 9.84. The van der Waals surface area contributed by atoms with Gasteiger partial charge in [0, 0.05) is 22.7 Å². The molecule has 1 N–H and O–H groups in total. The van der Waals surface area contributed by atoms with Gasteiger partial charge >= 0.3 is 0 Å². The van der Waals surface area contributed by atoms with Crippen molar-refractivity contribution in [3.8, 4) is 0 Å². The van der Waals surface area contributed by atoms with Crippen molar-refractivity contribution < 1.29 is 4.79 Å². The van der Waals surface area contributed by atoms with E-state index in [1.165, 1.54) is 11.3 Å². The van der Waals surface area contributed by atoms with Gasteiger partial charge in [0.2, 0.25) is 5.78 Å². The molecule has 0 saturated carbocycles. The molecule has 0 spiro atoms. The third kappa shape index (κ3) is 1.91. The molecule has 0 aliphatic heterocycles. The lowest BCUT2D eigenvalue weighted by Crippen LogP contribution is -1.96. The lowest BCUT2D eigenvalue weighted by molar-refractivity contribution is 0.104. The number of nitrogens with one attached hydrogen (secondary N) is 1. The topological polar surface area (TPSA) is 32.9 Å². The van der Waals surface area contributed by atoms with Crippen molar-refractivity contribution in [3.63, 3.8) is 0 Å². The summed E-state index contributed by atoms with van der Waals surface area (Å²) in [6.45, 7) is 2.03. The minimum Gasteiger partial charge on any atom is -0.360 e. The Morgan fingerprint density at radius 1 is 1.28 bits per heavy atom. The van der Waals surface area contributed by atoms with Crippen LogP contribution in [0.4, 0.5) is 0 Å². The highest BCUT2D eigenvalue weighted by atomic mass is 79.9. The van der Waals surface area contributed by atoms with Crippen molar-refractivity contribution >= 4 is 44.0 Å². The third-order valence-corrected chi connectivity index (χ3v) is 4.50. The first-order valence-corrected chi connectivity index (χ1v) is 7.14. The maximum Gasteiger partial charge on any atom is 0.205 e. The van der Waals surface area contributed by atoms with E-state index in [9.17, 15) is 4.79 Å². The molecule has 3 rings (SSSR count). The fourth-order valence-electron chi connectivity index (χ4n) is 1.99. The molecule has 18 heavy (non-hydrogen) atoms. The normalized spacial score (nSPS) is 11.0. The SMILES string of the molecule is Cc1ccc2[nH]cc(C(=O)c3ccc(Br)s3)c2c1. The van der Waals surface area contributed by atoms with Gasteiger partial charge in [0.1, 0.15) is 0 Å². The van der Waals surface area contributed by atoms with Crippen molar-refractivity contribution in [2.45, 2.75) is 6.92 Å². The molecule has 0 fully saturated rings. The first-order valence-electron chi connectivity index (χ1n) is 5.53. The van der Waals surface area contributed by atoms with Gasteiger partial charge in [0.05, 0.1) is 8.66 Å². The number of aromatic amines is 1. The van der Waals surface area contributed by atoms with Crippen molar-refractivity contribution in [2.75, 3.05) is 0 Å². The number of halogens is 1. The molecule has 4 heteroatoms. The Kier molecular flexibility index (Phi) is 2.84. The average molecular weight is 320 g/mol. The molecule has 0 radical (unpaired) electrons. The van der Waals surface area contributed by atoms with Crippen LogP contribution in [0, 0.1) is 6.92 Å². The molecular weight excluding hydrogens is 310 g/mol. The highest BCUT2D eigenvalue weighted by molar-refractivity contribution is 9.11. The average Bonchev–Trinajstić information content (AvgIpc) is 2.94. The number of benzene rings is 1. The summed E-state index contributed by atoms with van der Waals surface area (Å²) in [5.41, 5.74) is 2.89. The highest BCUT2D eigenvalue weighted by Gasteiger charge is 2.15. The summed E-state index contributed by atoms with van der Waals surface area (Å²) in [7, 11) is 0. The van der Waals surface area contributed by atoms with E-state index in [1.54, 1.807) is 6.20 Å². The summed E-state index contributed by atoms with van der Waals surface area (Å²) >= 11 is 4.84. The molecule has 2 aromatic heterocycles. The van der Waals surface area contributed by atoms with E-state index in [0.29, 0.717) is 0 Å². The molecule has 2 heterocycles. The number of thiophene rings is 1. The number of hydrogen-bond donors (Lipinski definition) is 1. The predicted molar refractivity (Wildman–Crippen MR) is 78.5 cm³/mol.